The Kier molecular flexibility index (Phi) is 2.47. The van der Waals surface area contributed by atoms with Crippen molar-refractivity contribution in [2.24, 2.45) is 0 Å². The number of aromatic hydroxyl groups is 2. The highest BCUT2D eigenvalue weighted by molar-refractivity contribution is 6.04. The third kappa shape index (κ3) is 2.11. The summed E-state index contributed by atoms with van der Waals surface area (Å²) < 4.78 is 4.54. The van der Waals surface area contributed by atoms with Crippen molar-refractivity contribution in [2.45, 2.75) is 0 Å². The van der Waals surface area contributed by atoms with Gasteiger partial charge in [0, 0.05) is 11.6 Å². The number of amides is 1. The first kappa shape index (κ1) is 10.0. The molecule has 16 heavy (non-hydrogen) atoms. The van der Waals surface area contributed by atoms with Crippen LogP contribution in [0.3, 0.4) is 0 Å². The van der Waals surface area contributed by atoms with Crippen molar-refractivity contribution in [3.05, 3.63) is 36.2 Å². The number of aromatic nitrogens is 1. The number of nitrogens with one attached hydrogen (secondary N) is 1. The zero-order valence-electron chi connectivity index (χ0n) is 8.04. The molecule has 0 bridgehead atoms. The van der Waals surface area contributed by atoms with Gasteiger partial charge in [0.1, 0.15) is 23.4 Å². The Bertz CT molecular complexity index is 487. The van der Waals surface area contributed by atoms with E-state index >= 15 is 0 Å². The fourth-order valence-corrected chi connectivity index (χ4v) is 1.20. The number of carbonyl (C=O) groups excluding carboxylic acids is 1. The van der Waals surface area contributed by atoms with E-state index in [1.807, 2.05) is 0 Å². The van der Waals surface area contributed by atoms with Gasteiger partial charge in [-0.2, -0.15) is 0 Å². The molecule has 6 heteroatoms. The van der Waals surface area contributed by atoms with Gasteiger partial charge in [-0.3, -0.25) is 4.79 Å². The Labute approximate surface area is 90.1 Å². The molecular formula is C10H8N2O4. The number of phenols is 2. The van der Waals surface area contributed by atoms with E-state index in [-0.39, 0.29) is 17.1 Å². The predicted octanol–water partition coefficient (Wildman–Crippen LogP) is 1.34. The fourth-order valence-electron chi connectivity index (χ4n) is 1.20. The van der Waals surface area contributed by atoms with Crippen LogP contribution in [0, 0.1) is 0 Å². The van der Waals surface area contributed by atoms with Gasteiger partial charge in [0.25, 0.3) is 5.91 Å². The Hall–Kier alpha value is -2.50. The van der Waals surface area contributed by atoms with Gasteiger partial charge in [-0.1, -0.05) is 5.16 Å². The number of nitrogens with zero attached hydrogens (tertiary/aromatic N) is 1. The summed E-state index contributed by atoms with van der Waals surface area (Å²) in [6, 6.07) is 3.61. The van der Waals surface area contributed by atoms with Crippen molar-refractivity contribution in [3.8, 4) is 11.5 Å². The van der Waals surface area contributed by atoms with E-state index in [2.05, 4.69) is 15.0 Å². The highest BCUT2D eigenvalue weighted by Crippen LogP contribution is 2.21. The summed E-state index contributed by atoms with van der Waals surface area (Å²) in [6.45, 7) is 0. The predicted molar refractivity (Wildman–Crippen MR) is 54.2 cm³/mol. The van der Waals surface area contributed by atoms with Gasteiger partial charge in [-0.05, 0) is 12.1 Å². The molecule has 0 aliphatic carbocycles. The van der Waals surface area contributed by atoms with Crippen LogP contribution in [0.2, 0.25) is 0 Å². The fraction of sp³-hybridized carbons (Fsp3) is 0. The minimum absolute atomic E-state index is 0.138. The van der Waals surface area contributed by atoms with Gasteiger partial charge in [0.05, 0.1) is 6.20 Å². The van der Waals surface area contributed by atoms with Crippen molar-refractivity contribution in [2.75, 3.05) is 5.32 Å². The molecule has 0 saturated carbocycles. The number of anilines is 1. The van der Waals surface area contributed by atoms with E-state index in [9.17, 15) is 15.0 Å². The molecular weight excluding hydrogens is 212 g/mol. The Morgan fingerprint density at radius 2 is 1.94 bits per heavy atom. The van der Waals surface area contributed by atoms with Gasteiger partial charge in [0.2, 0.25) is 0 Å². The maximum absolute atomic E-state index is 11.6. The van der Waals surface area contributed by atoms with E-state index in [1.54, 1.807) is 0 Å². The average molecular weight is 220 g/mol. The number of benzene rings is 1. The second-order valence-electron chi connectivity index (χ2n) is 3.11. The maximum Gasteiger partial charge on any atom is 0.256 e. The zero-order valence-corrected chi connectivity index (χ0v) is 8.04. The number of hydrogen-bond donors (Lipinski definition) is 3. The molecule has 2 rings (SSSR count). The van der Waals surface area contributed by atoms with Crippen LogP contribution in [0.1, 0.15) is 10.4 Å². The normalized spacial score (nSPS) is 10.0. The second-order valence-corrected chi connectivity index (χ2v) is 3.11. The monoisotopic (exact) mass is 220 g/mol. The molecule has 0 fully saturated rings. The molecule has 0 atom stereocenters. The van der Waals surface area contributed by atoms with E-state index in [1.165, 1.54) is 24.6 Å². The third-order valence-corrected chi connectivity index (χ3v) is 1.85. The lowest BCUT2D eigenvalue weighted by Gasteiger charge is -2.03. The summed E-state index contributed by atoms with van der Waals surface area (Å²) in [5.74, 6) is -0.847. The second kappa shape index (κ2) is 3.93. The Balaban J connectivity index is 2.21. The van der Waals surface area contributed by atoms with Crippen LogP contribution < -0.4 is 5.32 Å². The standard InChI is InChI=1S/C10H8N2O4/c13-8-1-6(2-9(14)3-8)10(15)12-7-4-11-16-5-7/h1-5,13-14H,(H,12,15). The molecule has 1 amide bonds. The molecule has 0 saturated heterocycles. The molecule has 1 aromatic carbocycles. The molecule has 0 unspecified atom stereocenters. The number of hydrogen-bond acceptors (Lipinski definition) is 5. The topological polar surface area (TPSA) is 95.6 Å². The smallest absolute Gasteiger partial charge is 0.256 e. The molecule has 3 N–H and O–H groups in total. The van der Waals surface area contributed by atoms with Crippen LogP contribution in [-0.2, 0) is 0 Å². The summed E-state index contributed by atoms with van der Waals surface area (Å²) in [7, 11) is 0. The molecule has 0 aliphatic heterocycles. The first-order chi connectivity index (χ1) is 7.65. The highest BCUT2D eigenvalue weighted by Gasteiger charge is 2.09. The first-order valence-electron chi connectivity index (χ1n) is 4.39. The summed E-state index contributed by atoms with van der Waals surface area (Å²) in [6.07, 6.45) is 2.60. The minimum Gasteiger partial charge on any atom is -0.508 e. The molecule has 6 nitrogen and oxygen atoms in total. The summed E-state index contributed by atoms with van der Waals surface area (Å²) in [5, 5.41) is 24.3. The molecule has 0 aliphatic rings. The van der Waals surface area contributed by atoms with Gasteiger partial charge >= 0.3 is 0 Å². The molecule has 0 spiro atoms. The molecule has 1 aromatic heterocycles. The molecule has 0 radical (unpaired) electrons. The van der Waals surface area contributed by atoms with Crippen LogP contribution in [0.25, 0.3) is 0 Å². The number of carbonyl (C=O) groups is 1. The van der Waals surface area contributed by atoms with E-state index in [0.29, 0.717) is 5.69 Å². The van der Waals surface area contributed by atoms with Crippen molar-refractivity contribution in [1.29, 1.82) is 0 Å². The van der Waals surface area contributed by atoms with Crippen molar-refractivity contribution >= 4 is 11.6 Å². The van der Waals surface area contributed by atoms with Gasteiger partial charge < -0.3 is 20.1 Å². The van der Waals surface area contributed by atoms with Crippen molar-refractivity contribution < 1.29 is 19.5 Å². The maximum atomic E-state index is 11.6. The van der Waals surface area contributed by atoms with Crippen molar-refractivity contribution in [3.63, 3.8) is 0 Å². The summed E-state index contributed by atoms with van der Waals surface area (Å²) >= 11 is 0. The summed E-state index contributed by atoms with van der Waals surface area (Å²) in [5.41, 5.74) is 0.534. The van der Waals surface area contributed by atoms with E-state index < -0.39 is 5.91 Å². The average Bonchev–Trinajstić information content (AvgIpc) is 2.68. The molecule has 1 heterocycles. The lowest BCUT2D eigenvalue weighted by Crippen LogP contribution is -2.10. The van der Waals surface area contributed by atoms with Gasteiger partial charge in [-0.25, -0.2) is 0 Å². The highest BCUT2D eigenvalue weighted by atomic mass is 16.5. The van der Waals surface area contributed by atoms with Gasteiger partial charge in [0.15, 0.2) is 0 Å². The van der Waals surface area contributed by atoms with Crippen LogP contribution in [0.15, 0.2) is 35.2 Å². The van der Waals surface area contributed by atoms with Crippen LogP contribution in [0.5, 0.6) is 11.5 Å². The number of phenolic OH excluding ortho intramolecular Hbond substituents is 2. The quantitative estimate of drug-likeness (QED) is 0.709. The van der Waals surface area contributed by atoms with Crippen LogP contribution in [-0.4, -0.2) is 21.3 Å². The molecule has 2 aromatic rings. The van der Waals surface area contributed by atoms with Crippen molar-refractivity contribution in [1.82, 2.24) is 5.16 Å². The molecule has 82 valence electrons. The first-order valence-corrected chi connectivity index (χ1v) is 4.39. The van der Waals surface area contributed by atoms with Crippen LogP contribution in [0.4, 0.5) is 5.69 Å². The third-order valence-electron chi connectivity index (χ3n) is 1.85. The van der Waals surface area contributed by atoms with E-state index in [4.69, 9.17) is 0 Å². The lowest BCUT2D eigenvalue weighted by molar-refractivity contribution is 0.102. The number of rotatable bonds is 2. The van der Waals surface area contributed by atoms with E-state index in [0.717, 1.165) is 6.07 Å². The van der Waals surface area contributed by atoms with Crippen LogP contribution >= 0.6 is 0 Å². The van der Waals surface area contributed by atoms with Gasteiger partial charge in [-0.15, -0.1) is 0 Å². The SMILES string of the molecule is O=C(Nc1cnoc1)c1cc(O)cc(O)c1. The Morgan fingerprint density at radius 3 is 2.50 bits per heavy atom. The zero-order chi connectivity index (χ0) is 11.5. The lowest BCUT2D eigenvalue weighted by atomic mass is 10.2. The Morgan fingerprint density at radius 1 is 1.25 bits per heavy atom. The minimum atomic E-state index is -0.477. The summed E-state index contributed by atoms with van der Waals surface area (Å²) in [4.78, 5) is 11.6. The largest absolute Gasteiger partial charge is 0.508 e.